The Bertz CT molecular complexity index is 1000. The number of ether oxygens (including phenoxy) is 1. The molecule has 0 bridgehead atoms. The molecule has 2 heterocycles. The van der Waals surface area contributed by atoms with Gasteiger partial charge in [-0.3, -0.25) is 0 Å². The predicted molar refractivity (Wildman–Crippen MR) is 103 cm³/mol. The Balaban J connectivity index is 0.00000131. The number of imidazole rings is 1. The standard InChI is InChI=1S/C21H18ClN2O.ClH.H2O/c22-19-10-5-4-9-18(19)15-24-14-13-23-12-6-11-20(21(23)24)25-16-17-7-2-1-3-8-17;;/h1-14H,15-16H2;1H;1H2/q+1;;/p-1. The number of halogens is 2. The molecule has 27 heavy (non-hydrogen) atoms. The third-order valence-corrected chi connectivity index (χ3v) is 4.54. The third kappa shape index (κ3) is 4.61. The first-order valence-corrected chi connectivity index (χ1v) is 8.58. The highest BCUT2D eigenvalue weighted by atomic mass is 35.5. The van der Waals surface area contributed by atoms with Crippen molar-refractivity contribution in [2.75, 3.05) is 0 Å². The molecule has 0 atom stereocenters. The van der Waals surface area contributed by atoms with Crippen molar-refractivity contribution in [3.05, 3.63) is 101 Å². The summed E-state index contributed by atoms with van der Waals surface area (Å²) in [5.74, 6) is 0.850. The van der Waals surface area contributed by atoms with Crippen LogP contribution >= 0.6 is 11.6 Å². The minimum atomic E-state index is 0. The zero-order chi connectivity index (χ0) is 17.1. The van der Waals surface area contributed by atoms with Gasteiger partial charge in [0.05, 0.1) is 6.20 Å². The number of nitrogens with zero attached hydrogens (tertiary/aromatic N) is 2. The van der Waals surface area contributed by atoms with Crippen LogP contribution in [0, 0.1) is 0 Å². The minimum absolute atomic E-state index is 0. The van der Waals surface area contributed by atoms with Crippen LogP contribution in [0.2, 0.25) is 5.02 Å². The maximum Gasteiger partial charge on any atom is 0.329 e. The Labute approximate surface area is 169 Å². The van der Waals surface area contributed by atoms with E-state index in [2.05, 4.69) is 21.1 Å². The molecule has 140 valence electrons. The van der Waals surface area contributed by atoms with Gasteiger partial charge in [-0.15, -0.1) is 0 Å². The number of fused-ring (bicyclic) bond motifs is 1. The van der Waals surface area contributed by atoms with Crippen molar-refractivity contribution in [2.24, 2.45) is 0 Å². The maximum absolute atomic E-state index is 6.32. The second kappa shape index (κ2) is 9.42. The molecule has 0 aliphatic heterocycles. The Morgan fingerprint density at radius 2 is 1.63 bits per heavy atom. The molecule has 6 heteroatoms. The van der Waals surface area contributed by atoms with Crippen molar-refractivity contribution in [1.29, 1.82) is 0 Å². The first-order chi connectivity index (χ1) is 12.3. The van der Waals surface area contributed by atoms with Crippen molar-refractivity contribution in [3.63, 3.8) is 0 Å². The molecular formula is C21H20Cl2N2O2. The van der Waals surface area contributed by atoms with Crippen molar-refractivity contribution >= 4 is 17.2 Å². The van der Waals surface area contributed by atoms with E-state index in [4.69, 9.17) is 16.3 Å². The average Bonchev–Trinajstić information content (AvgIpc) is 3.06. The van der Waals surface area contributed by atoms with Gasteiger partial charge in [0, 0.05) is 10.6 Å². The van der Waals surface area contributed by atoms with Gasteiger partial charge in [-0.25, -0.2) is 4.57 Å². The van der Waals surface area contributed by atoms with Crippen LogP contribution in [-0.2, 0) is 13.2 Å². The van der Waals surface area contributed by atoms with Gasteiger partial charge in [-0.1, -0.05) is 60.1 Å². The van der Waals surface area contributed by atoms with Gasteiger partial charge in [0.25, 0.3) is 0 Å². The van der Waals surface area contributed by atoms with Crippen LogP contribution in [0.5, 0.6) is 5.75 Å². The SMILES string of the molecule is Clc1ccccc1C[n+]1ccn2cccc(OCc3ccccc3)c21.O.[Cl-]. The lowest BCUT2D eigenvalue weighted by Gasteiger charge is -2.07. The summed E-state index contributed by atoms with van der Waals surface area (Å²) in [4.78, 5) is 0. The molecule has 2 aromatic carbocycles. The summed E-state index contributed by atoms with van der Waals surface area (Å²) in [7, 11) is 0. The van der Waals surface area contributed by atoms with Crippen LogP contribution < -0.4 is 21.7 Å². The molecule has 0 unspecified atom stereocenters. The summed E-state index contributed by atoms with van der Waals surface area (Å²) in [5.41, 5.74) is 3.24. The van der Waals surface area contributed by atoms with Gasteiger partial charge in [0.2, 0.25) is 5.75 Å². The van der Waals surface area contributed by atoms with E-state index in [0.29, 0.717) is 13.2 Å². The number of benzene rings is 2. The minimum Gasteiger partial charge on any atom is -1.00 e. The monoisotopic (exact) mass is 402 g/mol. The van der Waals surface area contributed by atoms with Crippen molar-refractivity contribution in [1.82, 2.24) is 4.40 Å². The van der Waals surface area contributed by atoms with E-state index in [9.17, 15) is 0 Å². The third-order valence-electron chi connectivity index (χ3n) is 4.17. The van der Waals surface area contributed by atoms with Crippen LogP contribution in [0.1, 0.15) is 11.1 Å². The number of pyridine rings is 1. The number of aromatic nitrogens is 2. The highest BCUT2D eigenvalue weighted by Crippen LogP contribution is 2.20. The van der Waals surface area contributed by atoms with Gasteiger partial charge in [0.15, 0.2) is 0 Å². The fraction of sp³-hybridized carbons (Fsp3) is 0.0952. The van der Waals surface area contributed by atoms with Gasteiger partial charge < -0.3 is 22.6 Å². The smallest absolute Gasteiger partial charge is 0.329 e. The highest BCUT2D eigenvalue weighted by Gasteiger charge is 2.17. The molecule has 4 nitrogen and oxygen atoms in total. The van der Waals surface area contributed by atoms with Crippen molar-refractivity contribution < 1.29 is 27.2 Å². The van der Waals surface area contributed by atoms with Crippen molar-refractivity contribution in [3.8, 4) is 5.75 Å². The second-order valence-electron chi connectivity index (χ2n) is 5.90. The van der Waals surface area contributed by atoms with Crippen LogP contribution in [0.4, 0.5) is 0 Å². The summed E-state index contributed by atoms with van der Waals surface area (Å²) >= 11 is 6.32. The Morgan fingerprint density at radius 3 is 2.41 bits per heavy atom. The summed E-state index contributed by atoms with van der Waals surface area (Å²) in [6.45, 7) is 1.24. The van der Waals surface area contributed by atoms with Crippen LogP contribution in [0.25, 0.3) is 5.65 Å². The Hall–Kier alpha value is -2.53. The van der Waals surface area contributed by atoms with Crippen molar-refractivity contribution in [2.45, 2.75) is 13.2 Å². The quantitative estimate of drug-likeness (QED) is 0.453. The van der Waals surface area contributed by atoms with E-state index in [1.54, 1.807) is 0 Å². The molecule has 2 N–H and O–H groups in total. The largest absolute Gasteiger partial charge is 1.00 e. The summed E-state index contributed by atoms with van der Waals surface area (Å²) < 4.78 is 10.3. The topological polar surface area (TPSA) is 49.0 Å². The number of rotatable bonds is 5. The molecule has 0 spiro atoms. The van der Waals surface area contributed by atoms with Crippen LogP contribution in [0.3, 0.4) is 0 Å². The molecule has 4 aromatic rings. The first kappa shape index (κ1) is 20.8. The zero-order valence-corrected chi connectivity index (χ0v) is 16.1. The second-order valence-corrected chi connectivity index (χ2v) is 6.30. The summed E-state index contributed by atoms with van der Waals surface area (Å²) in [6.07, 6.45) is 6.10. The lowest BCUT2D eigenvalue weighted by molar-refractivity contribution is -0.662. The first-order valence-electron chi connectivity index (χ1n) is 8.20. The van der Waals surface area contributed by atoms with Gasteiger partial charge in [-0.05, 0) is 23.8 Å². The zero-order valence-electron chi connectivity index (χ0n) is 14.6. The van der Waals surface area contributed by atoms with Gasteiger partial charge in [-0.2, -0.15) is 4.40 Å². The lowest BCUT2D eigenvalue weighted by atomic mass is 10.2. The average molecular weight is 403 g/mol. The molecule has 0 amide bonds. The molecule has 2 aromatic heterocycles. The Morgan fingerprint density at radius 1 is 0.889 bits per heavy atom. The van der Waals surface area contributed by atoms with E-state index in [1.807, 2.05) is 73.2 Å². The van der Waals surface area contributed by atoms with E-state index in [1.165, 1.54) is 0 Å². The molecule has 0 fully saturated rings. The van der Waals surface area contributed by atoms with Crippen LogP contribution in [0.15, 0.2) is 85.3 Å². The molecule has 0 radical (unpaired) electrons. The maximum atomic E-state index is 6.32. The Kier molecular flexibility index (Phi) is 7.25. The molecule has 0 saturated carbocycles. The highest BCUT2D eigenvalue weighted by molar-refractivity contribution is 6.31. The lowest BCUT2D eigenvalue weighted by Crippen LogP contribution is -3.00. The summed E-state index contributed by atoms with van der Waals surface area (Å²) in [6, 6.07) is 22.1. The number of hydrogen-bond donors (Lipinski definition) is 0. The van der Waals surface area contributed by atoms with E-state index < -0.39 is 0 Å². The molecular weight excluding hydrogens is 383 g/mol. The van der Waals surface area contributed by atoms with Gasteiger partial charge >= 0.3 is 5.65 Å². The van der Waals surface area contributed by atoms with E-state index in [-0.39, 0.29) is 17.9 Å². The normalized spacial score (nSPS) is 10.1. The van der Waals surface area contributed by atoms with Crippen LogP contribution in [-0.4, -0.2) is 9.88 Å². The van der Waals surface area contributed by atoms with E-state index in [0.717, 1.165) is 27.5 Å². The van der Waals surface area contributed by atoms with E-state index >= 15 is 0 Å². The summed E-state index contributed by atoms with van der Waals surface area (Å²) in [5, 5.41) is 0.775. The number of hydrogen-bond acceptors (Lipinski definition) is 1. The predicted octanol–water partition coefficient (Wildman–Crippen LogP) is 0.687. The molecule has 4 rings (SSSR count). The molecule has 0 aliphatic carbocycles. The fourth-order valence-electron chi connectivity index (χ4n) is 2.91. The fourth-order valence-corrected chi connectivity index (χ4v) is 3.11. The molecule has 0 saturated heterocycles. The molecule has 0 aliphatic rings. The van der Waals surface area contributed by atoms with Gasteiger partial charge in [0.1, 0.15) is 25.5 Å².